The van der Waals surface area contributed by atoms with Gasteiger partial charge in [0.1, 0.15) is 0 Å². The van der Waals surface area contributed by atoms with E-state index in [1.54, 1.807) is 12.1 Å². The first-order chi connectivity index (χ1) is 8.64. The molecule has 90 valence electrons. The predicted molar refractivity (Wildman–Crippen MR) is 67.4 cm³/mol. The summed E-state index contributed by atoms with van der Waals surface area (Å²) in [6.45, 7) is 1.99. The van der Waals surface area contributed by atoms with Crippen molar-refractivity contribution in [3.05, 3.63) is 47.5 Å². The van der Waals surface area contributed by atoms with Gasteiger partial charge in [-0.25, -0.2) is 0 Å². The Morgan fingerprint density at radius 3 is 2.61 bits per heavy atom. The Hall–Kier alpha value is -1.70. The normalized spacial score (nSPS) is 39.9. The lowest BCUT2D eigenvalue weighted by molar-refractivity contribution is 0.0552. The molecule has 0 aliphatic heterocycles. The van der Waals surface area contributed by atoms with E-state index in [4.69, 9.17) is 0 Å². The van der Waals surface area contributed by atoms with E-state index in [9.17, 15) is 9.59 Å². The summed E-state index contributed by atoms with van der Waals surface area (Å²) in [5, 5.41) is 0. The van der Waals surface area contributed by atoms with Crippen LogP contribution in [0.25, 0.3) is 0 Å². The molecule has 0 amide bonds. The molecule has 0 aromatic heterocycles. The summed E-state index contributed by atoms with van der Waals surface area (Å²) in [6, 6.07) is 7.28. The molecule has 1 aromatic carbocycles. The molecule has 2 heteroatoms. The summed E-state index contributed by atoms with van der Waals surface area (Å²) in [6.07, 6.45) is 5.24. The van der Waals surface area contributed by atoms with E-state index in [1.807, 2.05) is 19.1 Å². The number of benzene rings is 1. The van der Waals surface area contributed by atoms with Crippen molar-refractivity contribution < 1.29 is 9.59 Å². The van der Waals surface area contributed by atoms with Crippen molar-refractivity contribution in [2.75, 3.05) is 0 Å². The van der Waals surface area contributed by atoms with Crippen molar-refractivity contribution in [1.29, 1.82) is 0 Å². The van der Waals surface area contributed by atoms with Gasteiger partial charge in [0.25, 0.3) is 0 Å². The van der Waals surface area contributed by atoms with E-state index in [1.165, 1.54) is 0 Å². The van der Waals surface area contributed by atoms with Gasteiger partial charge < -0.3 is 0 Å². The van der Waals surface area contributed by atoms with Crippen LogP contribution >= 0.6 is 0 Å². The minimum Gasteiger partial charge on any atom is -0.294 e. The zero-order valence-electron chi connectivity index (χ0n) is 10.2. The molecule has 0 saturated heterocycles. The third-order valence-electron chi connectivity index (χ3n) is 5.17. The fourth-order valence-electron chi connectivity index (χ4n) is 4.22. The van der Waals surface area contributed by atoms with Gasteiger partial charge in [-0.1, -0.05) is 43.3 Å². The highest BCUT2D eigenvalue weighted by molar-refractivity contribution is 6.18. The SMILES string of the molecule is C[C@]12C(=O)c3ccccc3C(=O)C1C1C=CC2C1. The second-order valence-corrected chi connectivity index (χ2v) is 5.89. The summed E-state index contributed by atoms with van der Waals surface area (Å²) >= 11 is 0. The van der Waals surface area contributed by atoms with Crippen LogP contribution in [0.4, 0.5) is 0 Å². The quantitative estimate of drug-likeness (QED) is 0.651. The smallest absolute Gasteiger partial charge is 0.170 e. The van der Waals surface area contributed by atoms with Gasteiger partial charge in [0, 0.05) is 22.5 Å². The Bertz CT molecular complexity index is 613. The number of hydrogen-bond acceptors (Lipinski definition) is 2. The molecule has 2 bridgehead atoms. The van der Waals surface area contributed by atoms with E-state index in [0.29, 0.717) is 11.1 Å². The zero-order valence-corrected chi connectivity index (χ0v) is 10.2. The van der Waals surface area contributed by atoms with Gasteiger partial charge in [0.15, 0.2) is 11.6 Å². The first-order valence-electron chi connectivity index (χ1n) is 6.50. The molecule has 3 aliphatic carbocycles. The van der Waals surface area contributed by atoms with E-state index < -0.39 is 5.41 Å². The van der Waals surface area contributed by atoms with Crippen LogP contribution in [0, 0.1) is 23.2 Å². The molecule has 0 N–H and O–H groups in total. The van der Waals surface area contributed by atoms with E-state index in [2.05, 4.69) is 12.2 Å². The second kappa shape index (κ2) is 3.00. The van der Waals surface area contributed by atoms with E-state index in [-0.39, 0.29) is 29.3 Å². The molecular formula is C16H14O2. The summed E-state index contributed by atoms with van der Waals surface area (Å²) in [4.78, 5) is 25.4. The van der Waals surface area contributed by atoms with Crippen LogP contribution in [0.5, 0.6) is 0 Å². The van der Waals surface area contributed by atoms with Gasteiger partial charge in [0.2, 0.25) is 0 Å². The number of Topliss-reactive ketones (excluding diaryl/α,β-unsaturated/α-hetero) is 2. The molecule has 18 heavy (non-hydrogen) atoms. The molecule has 0 radical (unpaired) electrons. The zero-order chi connectivity index (χ0) is 12.5. The topological polar surface area (TPSA) is 34.1 Å². The molecule has 3 aliphatic rings. The van der Waals surface area contributed by atoms with E-state index >= 15 is 0 Å². The molecule has 1 fully saturated rings. The molecule has 2 nitrogen and oxygen atoms in total. The fourth-order valence-corrected chi connectivity index (χ4v) is 4.22. The highest BCUT2D eigenvalue weighted by Crippen LogP contribution is 2.60. The first-order valence-corrected chi connectivity index (χ1v) is 6.50. The van der Waals surface area contributed by atoms with Crippen LogP contribution < -0.4 is 0 Å². The molecular weight excluding hydrogens is 224 g/mol. The maximum absolute atomic E-state index is 12.8. The molecule has 1 saturated carbocycles. The largest absolute Gasteiger partial charge is 0.294 e. The average Bonchev–Trinajstić information content (AvgIpc) is 2.96. The van der Waals surface area contributed by atoms with Crippen molar-refractivity contribution in [2.24, 2.45) is 23.2 Å². The highest BCUT2D eigenvalue weighted by Gasteiger charge is 2.62. The molecule has 4 atom stereocenters. The average molecular weight is 238 g/mol. The van der Waals surface area contributed by atoms with Gasteiger partial charge in [-0.2, -0.15) is 0 Å². The molecule has 1 aromatic rings. The number of fused-ring (bicyclic) bond motifs is 6. The Kier molecular flexibility index (Phi) is 1.71. The Morgan fingerprint density at radius 1 is 1.11 bits per heavy atom. The second-order valence-electron chi connectivity index (χ2n) is 5.89. The first kappa shape index (κ1) is 10.2. The number of carbonyl (C=O) groups excluding carboxylic acids is 2. The Morgan fingerprint density at radius 2 is 1.83 bits per heavy atom. The molecule has 0 spiro atoms. The Labute approximate surface area is 106 Å². The van der Waals surface area contributed by atoms with E-state index in [0.717, 1.165) is 6.42 Å². The van der Waals surface area contributed by atoms with Gasteiger partial charge in [-0.05, 0) is 18.3 Å². The standard InChI is InChI=1S/C16H14O2/c1-16-10-7-6-9(8-10)13(16)14(17)11-4-2-3-5-12(11)15(16)18/h2-7,9-10,13H,8H2,1H3/t9?,10?,13?,16-/m1/s1. The van der Waals surface area contributed by atoms with Crippen molar-refractivity contribution in [3.8, 4) is 0 Å². The minimum absolute atomic E-state index is 0.130. The summed E-state index contributed by atoms with van der Waals surface area (Å²) in [5.41, 5.74) is 0.762. The molecule has 3 unspecified atom stereocenters. The number of ketones is 2. The van der Waals surface area contributed by atoms with Crippen LogP contribution in [-0.4, -0.2) is 11.6 Å². The van der Waals surface area contributed by atoms with Crippen LogP contribution in [-0.2, 0) is 0 Å². The highest BCUT2D eigenvalue weighted by atomic mass is 16.1. The summed E-state index contributed by atoms with van der Waals surface area (Å²) in [7, 11) is 0. The van der Waals surface area contributed by atoms with Gasteiger partial charge >= 0.3 is 0 Å². The van der Waals surface area contributed by atoms with Crippen molar-refractivity contribution in [1.82, 2.24) is 0 Å². The summed E-state index contributed by atoms with van der Waals surface area (Å²) in [5.74, 6) is 0.723. The number of carbonyl (C=O) groups is 2. The lowest BCUT2D eigenvalue weighted by Crippen LogP contribution is -2.47. The van der Waals surface area contributed by atoms with Crippen LogP contribution in [0.15, 0.2) is 36.4 Å². The maximum atomic E-state index is 12.8. The third kappa shape index (κ3) is 0.925. The number of rotatable bonds is 0. The third-order valence-corrected chi connectivity index (χ3v) is 5.17. The van der Waals surface area contributed by atoms with Crippen LogP contribution in [0.2, 0.25) is 0 Å². The molecule has 4 rings (SSSR count). The van der Waals surface area contributed by atoms with Crippen LogP contribution in [0.1, 0.15) is 34.1 Å². The van der Waals surface area contributed by atoms with Crippen molar-refractivity contribution in [2.45, 2.75) is 13.3 Å². The minimum atomic E-state index is -0.495. The number of allylic oxidation sites excluding steroid dienone is 2. The Balaban J connectivity index is 2.00. The van der Waals surface area contributed by atoms with Gasteiger partial charge in [-0.3, -0.25) is 9.59 Å². The fraction of sp³-hybridized carbons (Fsp3) is 0.375. The van der Waals surface area contributed by atoms with Gasteiger partial charge in [0.05, 0.1) is 0 Å². The van der Waals surface area contributed by atoms with Gasteiger partial charge in [-0.15, -0.1) is 0 Å². The van der Waals surface area contributed by atoms with Crippen LogP contribution in [0.3, 0.4) is 0 Å². The van der Waals surface area contributed by atoms with Crippen molar-refractivity contribution in [3.63, 3.8) is 0 Å². The monoisotopic (exact) mass is 238 g/mol. The lowest BCUT2D eigenvalue weighted by atomic mass is 9.59. The maximum Gasteiger partial charge on any atom is 0.170 e. The predicted octanol–water partition coefficient (Wildman–Crippen LogP) is 2.89. The van der Waals surface area contributed by atoms with Crippen molar-refractivity contribution >= 4 is 11.6 Å². The summed E-state index contributed by atoms with van der Waals surface area (Å²) < 4.78 is 0. The lowest BCUT2D eigenvalue weighted by Gasteiger charge is -2.40. The molecule has 0 heterocycles. The number of hydrogen-bond donors (Lipinski definition) is 0.